The Balaban J connectivity index is 2.77. The van der Waals surface area contributed by atoms with E-state index >= 15 is 0 Å². The van der Waals surface area contributed by atoms with Crippen LogP contribution >= 0.6 is 0 Å². The molecule has 0 spiro atoms. The molecule has 1 aromatic heterocycles. The van der Waals surface area contributed by atoms with Crippen LogP contribution in [0.15, 0.2) is 16.9 Å². The standard InChI is InChI=1S/C5H6N2O2/c1-8-5(6)4-2-3-9-7-4/h2-3,6H,1H3. The van der Waals surface area contributed by atoms with Crippen LogP contribution in [0.3, 0.4) is 0 Å². The third-order valence-corrected chi connectivity index (χ3v) is 0.875. The Morgan fingerprint density at radius 2 is 2.67 bits per heavy atom. The van der Waals surface area contributed by atoms with Crippen LogP contribution in [0.25, 0.3) is 0 Å². The second kappa shape index (κ2) is 2.30. The van der Waals surface area contributed by atoms with Crippen molar-refractivity contribution in [1.82, 2.24) is 5.16 Å². The SMILES string of the molecule is COC(=N)c1ccon1. The van der Waals surface area contributed by atoms with Gasteiger partial charge in [0.25, 0.3) is 0 Å². The smallest absolute Gasteiger partial charge is 0.235 e. The molecule has 1 heterocycles. The number of rotatable bonds is 1. The van der Waals surface area contributed by atoms with E-state index in [1.54, 1.807) is 6.07 Å². The van der Waals surface area contributed by atoms with E-state index in [1.165, 1.54) is 13.4 Å². The van der Waals surface area contributed by atoms with Gasteiger partial charge in [-0.2, -0.15) is 0 Å². The molecule has 0 radical (unpaired) electrons. The highest BCUT2D eigenvalue weighted by Crippen LogP contribution is 1.94. The van der Waals surface area contributed by atoms with Gasteiger partial charge in [-0.15, -0.1) is 0 Å². The molecule has 0 saturated heterocycles. The van der Waals surface area contributed by atoms with E-state index in [2.05, 4.69) is 14.4 Å². The summed E-state index contributed by atoms with van der Waals surface area (Å²) in [6.07, 6.45) is 1.39. The van der Waals surface area contributed by atoms with Gasteiger partial charge in [-0.3, -0.25) is 5.41 Å². The summed E-state index contributed by atoms with van der Waals surface area (Å²) in [5.74, 6) is 0.0174. The van der Waals surface area contributed by atoms with Crippen molar-refractivity contribution >= 4 is 5.90 Å². The van der Waals surface area contributed by atoms with Gasteiger partial charge in [0.15, 0.2) is 5.69 Å². The number of nitrogens with one attached hydrogen (secondary N) is 1. The van der Waals surface area contributed by atoms with E-state index in [9.17, 15) is 0 Å². The normalized spacial score (nSPS) is 9.00. The van der Waals surface area contributed by atoms with Gasteiger partial charge >= 0.3 is 0 Å². The highest BCUT2D eigenvalue weighted by Gasteiger charge is 2.01. The lowest BCUT2D eigenvalue weighted by Gasteiger charge is -1.92. The number of nitrogens with zero attached hydrogens (tertiary/aromatic N) is 1. The molecular weight excluding hydrogens is 120 g/mol. The van der Waals surface area contributed by atoms with Gasteiger partial charge in [-0.1, -0.05) is 5.16 Å². The minimum Gasteiger partial charge on any atom is -0.480 e. The van der Waals surface area contributed by atoms with Crippen molar-refractivity contribution in [3.63, 3.8) is 0 Å². The molecule has 0 bridgehead atoms. The zero-order chi connectivity index (χ0) is 6.69. The summed E-state index contributed by atoms with van der Waals surface area (Å²) in [5, 5.41) is 10.5. The van der Waals surface area contributed by atoms with Crippen LogP contribution in [0.2, 0.25) is 0 Å². The summed E-state index contributed by atoms with van der Waals surface area (Å²) in [6.45, 7) is 0. The van der Waals surface area contributed by atoms with Gasteiger partial charge < -0.3 is 9.26 Å². The summed E-state index contributed by atoms with van der Waals surface area (Å²) in [7, 11) is 1.41. The predicted octanol–water partition coefficient (Wildman–Crippen LogP) is 0.646. The number of ether oxygens (including phenoxy) is 1. The first-order valence-corrected chi connectivity index (χ1v) is 2.38. The molecule has 0 unspecified atom stereocenters. The maximum atomic E-state index is 7.05. The van der Waals surface area contributed by atoms with E-state index in [0.717, 1.165) is 0 Å². The fourth-order valence-electron chi connectivity index (χ4n) is 0.434. The largest absolute Gasteiger partial charge is 0.480 e. The van der Waals surface area contributed by atoms with Crippen molar-refractivity contribution < 1.29 is 9.26 Å². The highest BCUT2D eigenvalue weighted by atomic mass is 16.5. The van der Waals surface area contributed by atoms with E-state index in [1.807, 2.05) is 0 Å². The molecule has 4 heteroatoms. The summed E-state index contributed by atoms with van der Waals surface area (Å²) in [4.78, 5) is 0. The molecule has 9 heavy (non-hydrogen) atoms. The van der Waals surface area contributed by atoms with E-state index < -0.39 is 0 Å². The molecule has 4 nitrogen and oxygen atoms in total. The third-order valence-electron chi connectivity index (χ3n) is 0.875. The molecule has 0 fully saturated rings. The molecule has 0 saturated carbocycles. The van der Waals surface area contributed by atoms with Gasteiger partial charge in [0, 0.05) is 6.07 Å². The fraction of sp³-hybridized carbons (Fsp3) is 0.200. The number of hydrogen-bond donors (Lipinski definition) is 1. The van der Waals surface area contributed by atoms with Crippen LogP contribution < -0.4 is 0 Å². The summed E-state index contributed by atoms with van der Waals surface area (Å²) >= 11 is 0. The molecule has 0 aliphatic rings. The van der Waals surface area contributed by atoms with Crippen molar-refractivity contribution in [3.05, 3.63) is 18.0 Å². The second-order valence-electron chi connectivity index (χ2n) is 1.42. The van der Waals surface area contributed by atoms with Crippen molar-refractivity contribution in [1.29, 1.82) is 5.41 Å². The predicted molar refractivity (Wildman–Crippen MR) is 30.3 cm³/mol. The summed E-state index contributed by atoms with van der Waals surface area (Å²) < 4.78 is 9.02. The highest BCUT2D eigenvalue weighted by molar-refractivity contribution is 5.88. The van der Waals surface area contributed by atoms with Crippen LogP contribution in [-0.4, -0.2) is 18.2 Å². The monoisotopic (exact) mass is 126 g/mol. The van der Waals surface area contributed by atoms with Crippen LogP contribution in [0.5, 0.6) is 0 Å². The molecule has 0 amide bonds. The Hall–Kier alpha value is -1.32. The number of methoxy groups -OCH3 is 1. The number of aromatic nitrogens is 1. The van der Waals surface area contributed by atoms with Gasteiger partial charge in [-0.05, 0) is 0 Å². The molecule has 1 aromatic rings. The van der Waals surface area contributed by atoms with Crippen molar-refractivity contribution in [2.45, 2.75) is 0 Å². The first-order valence-electron chi connectivity index (χ1n) is 2.38. The van der Waals surface area contributed by atoms with Gasteiger partial charge in [0.05, 0.1) is 7.11 Å². The molecule has 0 aromatic carbocycles. The molecule has 0 aliphatic heterocycles. The average molecular weight is 126 g/mol. The summed E-state index contributed by atoms with van der Waals surface area (Å²) in [6, 6.07) is 1.56. The second-order valence-corrected chi connectivity index (χ2v) is 1.42. The van der Waals surface area contributed by atoms with Gasteiger partial charge in [0.1, 0.15) is 6.26 Å². The molecule has 48 valence electrons. The fourth-order valence-corrected chi connectivity index (χ4v) is 0.434. The van der Waals surface area contributed by atoms with Crippen LogP contribution in [0, 0.1) is 5.41 Å². The van der Waals surface area contributed by atoms with Crippen LogP contribution in [0.4, 0.5) is 0 Å². The topological polar surface area (TPSA) is 59.1 Å². The maximum absolute atomic E-state index is 7.05. The van der Waals surface area contributed by atoms with E-state index in [0.29, 0.717) is 5.69 Å². The first kappa shape index (κ1) is 5.81. The van der Waals surface area contributed by atoms with Crippen LogP contribution in [0.1, 0.15) is 5.69 Å². The molecule has 0 aliphatic carbocycles. The Morgan fingerprint density at radius 3 is 3.11 bits per heavy atom. The van der Waals surface area contributed by atoms with Gasteiger partial charge in [0.2, 0.25) is 5.90 Å². The van der Waals surface area contributed by atoms with Crippen molar-refractivity contribution in [2.24, 2.45) is 0 Å². The lowest BCUT2D eigenvalue weighted by molar-refractivity contribution is 0.384. The molecule has 1 N–H and O–H groups in total. The minimum absolute atomic E-state index is 0.0174. The molecule has 0 atom stereocenters. The first-order chi connectivity index (χ1) is 4.34. The van der Waals surface area contributed by atoms with Crippen molar-refractivity contribution in [2.75, 3.05) is 7.11 Å². The zero-order valence-electron chi connectivity index (χ0n) is 4.92. The third kappa shape index (κ3) is 1.07. The lowest BCUT2D eigenvalue weighted by atomic mass is 10.4. The Bertz CT molecular complexity index is 193. The van der Waals surface area contributed by atoms with E-state index in [-0.39, 0.29) is 5.90 Å². The Morgan fingerprint density at radius 1 is 1.89 bits per heavy atom. The van der Waals surface area contributed by atoms with E-state index in [4.69, 9.17) is 5.41 Å². The minimum atomic E-state index is 0.0174. The Labute approximate surface area is 51.9 Å². The van der Waals surface area contributed by atoms with Crippen LogP contribution in [-0.2, 0) is 4.74 Å². The number of hydrogen-bond acceptors (Lipinski definition) is 4. The quantitative estimate of drug-likeness (QED) is 0.444. The zero-order valence-corrected chi connectivity index (χ0v) is 4.92. The summed E-state index contributed by atoms with van der Waals surface area (Å²) in [5.41, 5.74) is 0.414. The molecular formula is C5H6N2O2. The molecule has 1 rings (SSSR count). The maximum Gasteiger partial charge on any atom is 0.235 e. The van der Waals surface area contributed by atoms with Crippen molar-refractivity contribution in [3.8, 4) is 0 Å². The van der Waals surface area contributed by atoms with Gasteiger partial charge in [-0.25, -0.2) is 0 Å². The average Bonchev–Trinajstić information content (AvgIpc) is 2.37. The Kier molecular flexibility index (Phi) is 1.48. The lowest BCUT2D eigenvalue weighted by Crippen LogP contribution is -2.00.